The fraction of sp³-hybridized carbons (Fsp3) is 0.468. The average Bonchev–Trinajstić information content (AvgIpc) is 4.25. The minimum atomic E-state index is -0.434. The van der Waals surface area contributed by atoms with Crippen molar-refractivity contribution in [2.45, 2.75) is 140 Å². The molecule has 5 aliphatic rings. The van der Waals surface area contributed by atoms with Crippen molar-refractivity contribution in [2.75, 3.05) is 39.3 Å². The van der Waals surface area contributed by atoms with Crippen LogP contribution < -0.4 is 0 Å². The molecule has 1 aliphatic carbocycles. The molecule has 3 aromatic heterocycles. The Kier molecular flexibility index (Phi) is 21.2. The Balaban J connectivity index is 0.000000147. The predicted octanol–water partition coefficient (Wildman–Crippen LogP) is 17.5. The topological polar surface area (TPSA) is 137 Å². The fourth-order valence-electron chi connectivity index (χ4n) is 9.50. The third-order valence-corrected chi connectivity index (χ3v) is 16.0. The van der Waals surface area contributed by atoms with Gasteiger partial charge in [-0.25, -0.2) is 14.4 Å². The van der Waals surface area contributed by atoms with Crippen LogP contribution in [0, 0.1) is 5.92 Å². The van der Waals surface area contributed by atoms with Crippen LogP contribution in [0.1, 0.15) is 124 Å². The van der Waals surface area contributed by atoms with Gasteiger partial charge >= 0.3 is 18.3 Å². The van der Waals surface area contributed by atoms with Gasteiger partial charge in [0.2, 0.25) is 0 Å². The van der Waals surface area contributed by atoms with E-state index in [1.807, 2.05) is 127 Å². The number of halogens is 3. The number of hydrogen-bond donors (Lipinski definition) is 0. The minimum Gasteiger partial charge on any atom is -0.493 e. The molecule has 4 aliphatic heterocycles. The van der Waals surface area contributed by atoms with E-state index in [1.54, 1.807) is 30.0 Å². The minimum absolute atomic E-state index is 0.166. The normalized spacial score (nSPS) is 18.9. The van der Waals surface area contributed by atoms with E-state index in [-0.39, 0.29) is 30.0 Å². The van der Waals surface area contributed by atoms with Crippen LogP contribution in [-0.4, -0.2) is 99.1 Å². The Morgan fingerprint density at radius 2 is 1.05 bits per heavy atom. The quantitative estimate of drug-likeness (QED) is 0.0936. The van der Waals surface area contributed by atoms with Gasteiger partial charge < -0.3 is 46.9 Å². The van der Waals surface area contributed by atoms with Crippen molar-refractivity contribution in [3.63, 3.8) is 0 Å². The lowest BCUT2D eigenvalue weighted by atomic mass is 9.88. The third-order valence-electron chi connectivity index (χ3n) is 13.5. The van der Waals surface area contributed by atoms with E-state index in [4.69, 9.17) is 32.2 Å². The van der Waals surface area contributed by atoms with Crippen LogP contribution in [0.4, 0.5) is 14.4 Å². The molecule has 3 fully saturated rings. The van der Waals surface area contributed by atoms with Gasteiger partial charge in [-0.2, -0.15) is 0 Å². The van der Waals surface area contributed by atoms with Gasteiger partial charge in [0.05, 0.1) is 31.0 Å². The van der Waals surface area contributed by atoms with E-state index in [2.05, 4.69) is 96.9 Å². The Labute approximate surface area is 490 Å². The van der Waals surface area contributed by atoms with Gasteiger partial charge in [-0.15, -0.1) is 0 Å². The number of nitrogens with zero attached hydrogens (tertiary/aromatic N) is 3. The maximum Gasteiger partial charge on any atom is 0.410 e. The molecule has 0 radical (unpaired) electrons. The first-order valence-corrected chi connectivity index (χ1v) is 29.8. The second kappa shape index (κ2) is 27.3. The van der Waals surface area contributed by atoms with Crippen LogP contribution in [0.2, 0.25) is 0 Å². The van der Waals surface area contributed by atoms with Crippen LogP contribution in [0.3, 0.4) is 0 Å². The molecule has 0 spiro atoms. The second-order valence-corrected chi connectivity index (χ2v) is 26.6. The van der Waals surface area contributed by atoms with E-state index in [1.165, 1.54) is 21.0 Å². The average molecular weight is 1310 g/mol. The van der Waals surface area contributed by atoms with Crippen LogP contribution in [0.5, 0.6) is 0 Å². The maximum atomic E-state index is 12.1. The molecule has 0 bridgehead atoms. The Morgan fingerprint density at radius 1 is 0.564 bits per heavy atom. The SMILES string of the molecule is BrC1=CC=CC2OC=CC12.Brc1ccc2ccoc2c1.CC(C)(C)OC(=O)N1CCC(I)CC1.CC(C)(C)OC(=O)N1CCC(c2ccc3ccoc3c2)CC1.CC(C)(C)OC(=O)N1CCC(c2cccc3occc23)CC1. The molecule has 3 amide bonds. The lowest BCUT2D eigenvalue weighted by Crippen LogP contribution is -2.41. The number of amides is 3. The molecule has 2 unspecified atom stereocenters. The smallest absolute Gasteiger partial charge is 0.410 e. The highest BCUT2D eigenvalue weighted by Gasteiger charge is 2.31. The molecular formula is C62H76Br2IN3O10. The van der Waals surface area contributed by atoms with Gasteiger partial charge in [0.15, 0.2) is 0 Å². The van der Waals surface area contributed by atoms with Crippen molar-refractivity contribution in [2.24, 2.45) is 5.92 Å². The van der Waals surface area contributed by atoms with E-state index in [0.29, 0.717) is 21.7 Å². The standard InChI is InChI=1S/2C18H23NO3.C10H18INO2.C8H5BrO.C8H7BrO/c1-18(2,3)22-17(20)19-9-6-13(7-10-19)15-5-4-14-8-11-21-16(14)12-15;1-18(2,3)22-17(20)19-10-7-13(8-11-19)14-5-4-6-16-15(14)9-12-21-16;1-10(2,3)14-9(13)12-6-4-8(11)5-7-12;9-7-2-1-6-3-4-10-8(6)5-7;9-7-2-1-3-8-6(7)4-5-10-8/h4-5,8,11-13H,6-7,9-10H2,1-3H3;4-6,9,12-13H,7-8,10-11H2,1-3H3;8H,4-7H2,1-3H3;1-5H;1-6,8H. The molecule has 2 atom stereocenters. The number of alkyl halides is 1. The van der Waals surface area contributed by atoms with E-state index in [9.17, 15) is 14.4 Å². The van der Waals surface area contributed by atoms with Crippen LogP contribution in [0.15, 0.2) is 144 Å². The third kappa shape index (κ3) is 18.2. The number of furan rings is 3. The van der Waals surface area contributed by atoms with Crippen LogP contribution >= 0.6 is 54.5 Å². The number of hydrogen-bond acceptors (Lipinski definition) is 10. The number of fused-ring (bicyclic) bond motifs is 4. The number of rotatable bonds is 2. The largest absolute Gasteiger partial charge is 0.493 e. The van der Waals surface area contributed by atoms with Crippen molar-refractivity contribution in [3.8, 4) is 0 Å². The Hall–Kier alpha value is -5.20. The van der Waals surface area contributed by atoms with E-state index < -0.39 is 11.2 Å². The fourth-order valence-corrected chi connectivity index (χ4v) is 11.0. The monoisotopic (exact) mass is 1310 g/mol. The highest BCUT2D eigenvalue weighted by Crippen LogP contribution is 2.36. The van der Waals surface area contributed by atoms with Crippen LogP contribution in [0.25, 0.3) is 32.9 Å². The molecule has 78 heavy (non-hydrogen) atoms. The number of carbonyl (C=O) groups excluding carboxylic acids is 3. The van der Waals surface area contributed by atoms with Gasteiger partial charge in [-0.05, 0) is 178 Å². The van der Waals surface area contributed by atoms with Crippen molar-refractivity contribution in [1.29, 1.82) is 0 Å². The maximum absolute atomic E-state index is 12.1. The summed E-state index contributed by atoms with van der Waals surface area (Å²) in [6, 6.07) is 24.5. The number of ether oxygens (including phenoxy) is 4. The molecule has 13 nitrogen and oxygen atoms in total. The molecule has 3 aromatic carbocycles. The van der Waals surface area contributed by atoms with Gasteiger partial charge in [-0.1, -0.05) is 96.9 Å². The summed E-state index contributed by atoms with van der Waals surface area (Å²) in [6.45, 7) is 21.7. The summed E-state index contributed by atoms with van der Waals surface area (Å²) < 4.78 is 40.6. The zero-order valence-electron chi connectivity index (χ0n) is 46.5. The summed E-state index contributed by atoms with van der Waals surface area (Å²) >= 11 is 9.27. The number of benzene rings is 3. The first kappa shape index (κ1) is 60.4. The number of likely N-dealkylation sites (tertiary alicyclic amines) is 3. The van der Waals surface area contributed by atoms with Crippen molar-refractivity contribution in [3.05, 3.63) is 142 Å². The summed E-state index contributed by atoms with van der Waals surface area (Å²) in [7, 11) is 0. The summed E-state index contributed by atoms with van der Waals surface area (Å²) in [5, 5.41) is 3.47. The highest BCUT2D eigenvalue weighted by atomic mass is 127. The molecular weight excluding hydrogens is 1230 g/mol. The summed E-state index contributed by atoms with van der Waals surface area (Å²) in [6.07, 6.45) is 20.8. The summed E-state index contributed by atoms with van der Waals surface area (Å²) in [5.74, 6) is 1.37. The highest BCUT2D eigenvalue weighted by molar-refractivity contribution is 14.1. The van der Waals surface area contributed by atoms with E-state index in [0.717, 1.165) is 110 Å². The van der Waals surface area contributed by atoms with Crippen molar-refractivity contribution in [1.82, 2.24) is 14.7 Å². The number of carbonyl (C=O) groups is 3. The van der Waals surface area contributed by atoms with Gasteiger partial charge in [0.25, 0.3) is 0 Å². The molecule has 7 heterocycles. The molecule has 0 N–H and O–H groups in total. The molecule has 420 valence electrons. The predicted molar refractivity (Wildman–Crippen MR) is 324 cm³/mol. The summed E-state index contributed by atoms with van der Waals surface area (Å²) in [5.41, 5.74) is 4.18. The zero-order valence-corrected chi connectivity index (χ0v) is 51.8. The van der Waals surface area contributed by atoms with Crippen molar-refractivity contribution >= 4 is 106 Å². The number of piperidine rings is 3. The Bertz CT molecular complexity index is 3000. The lowest BCUT2D eigenvalue weighted by Gasteiger charge is -2.33. The van der Waals surface area contributed by atoms with E-state index >= 15 is 0 Å². The molecule has 16 heteroatoms. The molecule has 3 saturated heterocycles. The summed E-state index contributed by atoms with van der Waals surface area (Å²) in [4.78, 5) is 41.3. The first-order chi connectivity index (χ1) is 37.0. The molecule has 0 saturated carbocycles. The lowest BCUT2D eigenvalue weighted by molar-refractivity contribution is 0.0194. The van der Waals surface area contributed by atoms with Gasteiger partial charge in [0.1, 0.15) is 39.7 Å². The van der Waals surface area contributed by atoms with Crippen LogP contribution in [-0.2, 0) is 18.9 Å². The molecule has 6 aromatic rings. The number of allylic oxidation sites excluding steroid dienone is 2. The first-order valence-electron chi connectivity index (χ1n) is 27.0. The second-order valence-electron chi connectivity index (χ2n) is 23.0. The zero-order chi connectivity index (χ0) is 56.2. The Morgan fingerprint density at radius 3 is 1.59 bits per heavy atom. The van der Waals surface area contributed by atoms with Gasteiger partial charge in [0, 0.05) is 68.3 Å². The molecule has 11 rings (SSSR count). The van der Waals surface area contributed by atoms with Crippen molar-refractivity contribution < 1.29 is 46.6 Å². The van der Waals surface area contributed by atoms with Gasteiger partial charge in [-0.3, -0.25) is 0 Å².